The van der Waals surface area contributed by atoms with Crippen LogP contribution in [-0.2, 0) is 9.59 Å². The fourth-order valence-electron chi connectivity index (χ4n) is 1.04. The van der Waals surface area contributed by atoms with E-state index in [9.17, 15) is 14.7 Å². The third-order valence-corrected chi connectivity index (χ3v) is 1.87. The number of carboxylic acid groups (broad SMARTS) is 1. The van der Waals surface area contributed by atoms with Gasteiger partial charge in [-0.05, 0) is 18.6 Å². The molecule has 0 aliphatic carbocycles. The van der Waals surface area contributed by atoms with Crippen LogP contribution in [0.3, 0.4) is 0 Å². The molecule has 0 amide bonds. The maximum absolute atomic E-state index is 11.4. The molecule has 0 heterocycles. The van der Waals surface area contributed by atoms with Gasteiger partial charge in [-0.15, -0.1) is 0 Å². The summed E-state index contributed by atoms with van der Waals surface area (Å²) in [6.45, 7) is 1.65. The number of para-hydroxylation sites is 1. The van der Waals surface area contributed by atoms with Gasteiger partial charge < -0.3 is 10.2 Å². The van der Waals surface area contributed by atoms with Gasteiger partial charge in [0.1, 0.15) is 0 Å². The highest BCUT2D eigenvalue weighted by atomic mass is 16.4. The number of hydrogen-bond donors (Lipinski definition) is 1. The van der Waals surface area contributed by atoms with Crippen LogP contribution in [-0.4, -0.2) is 16.9 Å². The Morgan fingerprint density at radius 3 is 2.67 bits per heavy atom. The highest BCUT2D eigenvalue weighted by molar-refractivity contribution is 6.38. The number of aliphatic carboxylic acids is 1. The van der Waals surface area contributed by atoms with Gasteiger partial charge in [0.05, 0.1) is 0 Å². The topological polar surface area (TPSA) is 77.4 Å². The summed E-state index contributed by atoms with van der Waals surface area (Å²) in [4.78, 5) is 20.9. The van der Waals surface area contributed by atoms with E-state index >= 15 is 0 Å². The van der Waals surface area contributed by atoms with Gasteiger partial charge in [-0.25, -0.2) is 4.79 Å². The summed E-state index contributed by atoms with van der Waals surface area (Å²) in [5.74, 6) is -2.78. The first-order chi connectivity index (χ1) is 7.02. The maximum Gasteiger partial charge on any atom is 0.376 e. The normalized spacial score (nSPS) is 10.5. The molecule has 0 aliphatic rings. The van der Waals surface area contributed by atoms with E-state index in [2.05, 4.69) is 0 Å². The van der Waals surface area contributed by atoms with Gasteiger partial charge in [0, 0.05) is 0 Å². The second-order valence-electron chi connectivity index (χ2n) is 3.00. The molecule has 1 N–H and O–H groups in total. The molecule has 0 saturated heterocycles. The van der Waals surface area contributed by atoms with E-state index in [1.165, 1.54) is 12.1 Å². The molecule has 4 nitrogen and oxygen atoms in total. The van der Waals surface area contributed by atoms with Crippen molar-refractivity contribution < 1.29 is 19.8 Å². The largest absolute Gasteiger partial charge is 0.872 e. The predicted molar refractivity (Wildman–Crippen MR) is 52.3 cm³/mol. The van der Waals surface area contributed by atoms with Gasteiger partial charge in [-0.3, -0.25) is 4.79 Å². The van der Waals surface area contributed by atoms with E-state index in [1.54, 1.807) is 19.1 Å². The molecule has 1 rings (SSSR count). The number of carbonyl (C=O) groups is 2. The van der Waals surface area contributed by atoms with E-state index in [0.29, 0.717) is 11.1 Å². The lowest BCUT2D eigenvalue weighted by Crippen LogP contribution is -2.08. The standard InChI is InChI=1S/C11H10O4/c1-7-3-2-4-8(10(7)13)5-6-9(12)11(14)15/h2-6,13H,1H3,(H,14,15)/p-1/b6-5-. The fraction of sp³-hybridized carbons (Fsp3) is 0.0909. The second kappa shape index (κ2) is 4.41. The second-order valence-corrected chi connectivity index (χ2v) is 3.00. The molecule has 78 valence electrons. The minimum Gasteiger partial charge on any atom is -0.872 e. The average Bonchev–Trinajstić information content (AvgIpc) is 2.19. The van der Waals surface area contributed by atoms with Crippen LogP contribution in [0.15, 0.2) is 24.3 Å². The predicted octanol–water partition coefficient (Wildman–Crippen LogP) is 0.736. The van der Waals surface area contributed by atoms with E-state index in [1.807, 2.05) is 0 Å². The van der Waals surface area contributed by atoms with Crippen LogP contribution in [0.25, 0.3) is 6.08 Å². The van der Waals surface area contributed by atoms with Crippen molar-refractivity contribution >= 4 is 17.8 Å². The van der Waals surface area contributed by atoms with Crippen LogP contribution in [0.5, 0.6) is 5.75 Å². The van der Waals surface area contributed by atoms with Crippen molar-refractivity contribution in [3.63, 3.8) is 0 Å². The number of carboxylic acids is 1. The summed E-state index contributed by atoms with van der Waals surface area (Å²) >= 11 is 0. The smallest absolute Gasteiger partial charge is 0.376 e. The first-order valence-electron chi connectivity index (χ1n) is 4.24. The lowest BCUT2D eigenvalue weighted by atomic mass is 10.1. The third kappa shape index (κ3) is 2.67. The molecule has 1 aromatic rings. The molecule has 0 bridgehead atoms. The summed E-state index contributed by atoms with van der Waals surface area (Å²) in [7, 11) is 0. The third-order valence-electron chi connectivity index (χ3n) is 1.87. The van der Waals surface area contributed by atoms with Crippen molar-refractivity contribution in [2.75, 3.05) is 0 Å². The van der Waals surface area contributed by atoms with Gasteiger partial charge in [-0.1, -0.05) is 35.6 Å². The Hall–Kier alpha value is -2.10. The molecule has 0 unspecified atom stereocenters. The first kappa shape index (κ1) is 11.0. The lowest BCUT2D eigenvalue weighted by Gasteiger charge is -2.13. The first-order valence-corrected chi connectivity index (χ1v) is 4.24. The lowest BCUT2D eigenvalue weighted by molar-refractivity contribution is -0.269. The summed E-state index contributed by atoms with van der Waals surface area (Å²) in [6.07, 6.45) is 2.09. The molecule has 0 saturated carbocycles. The summed E-state index contributed by atoms with van der Waals surface area (Å²) in [6, 6.07) is 4.85. The Morgan fingerprint density at radius 2 is 2.07 bits per heavy atom. The van der Waals surface area contributed by atoms with Crippen LogP contribution in [0.2, 0.25) is 0 Å². The van der Waals surface area contributed by atoms with E-state index in [-0.39, 0.29) is 5.75 Å². The number of carbonyl (C=O) groups excluding carboxylic acids is 1. The zero-order valence-electron chi connectivity index (χ0n) is 8.06. The summed E-state index contributed by atoms with van der Waals surface area (Å²) < 4.78 is 0. The Labute approximate surface area is 86.5 Å². The molecule has 0 aliphatic heterocycles. The van der Waals surface area contributed by atoms with E-state index in [4.69, 9.17) is 5.11 Å². The van der Waals surface area contributed by atoms with Gasteiger partial charge in [0.2, 0.25) is 0 Å². The maximum atomic E-state index is 11.4. The monoisotopic (exact) mass is 205 g/mol. The van der Waals surface area contributed by atoms with Crippen molar-refractivity contribution in [1.82, 2.24) is 0 Å². The molecule has 0 aromatic heterocycles. The molecule has 0 atom stereocenters. The Kier molecular flexibility index (Phi) is 3.23. The van der Waals surface area contributed by atoms with Crippen molar-refractivity contribution in [3.05, 3.63) is 35.4 Å². The average molecular weight is 205 g/mol. The molecule has 1 aromatic carbocycles. The van der Waals surface area contributed by atoms with Crippen LogP contribution < -0.4 is 5.11 Å². The molecule has 0 fully saturated rings. The van der Waals surface area contributed by atoms with Crippen LogP contribution in [0, 0.1) is 6.92 Å². The van der Waals surface area contributed by atoms with Gasteiger partial charge in [0.15, 0.2) is 0 Å². The van der Waals surface area contributed by atoms with Crippen molar-refractivity contribution in [2.24, 2.45) is 0 Å². The zero-order chi connectivity index (χ0) is 11.4. The van der Waals surface area contributed by atoms with Gasteiger partial charge >= 0.3 is 5.97 Å². The Bertz CT molecular complexity index is 432. The summed E-state index contributed by atoms with van der Waals surface area (Å²) in [5, 5.41) is 19.7. The zero-order valence-corrected chi connectivity index (χ0v) is 8.06. The quantitative estimate of drug-likeness (QED) is 0.583. The van der Waals surface area contributed by atoms with E-state index in [0.717, 1.165) is 6.08 Å². The SMILES string of the molecule is Cc1cccc(/C=C\C(=O)C(=O)O)c1[O-]. The molecule has 15 heavy (non-hydrogen) atoms. The Balaban J connectivity index is 2.95. The Morgan fingerprint density at radius 1 is 1.40 bits per heavy atom. The number of rotatable bonds is 3. The van der Waals surface area contributed by atoms with Crippen LogP contribution in [0.4, 0.5) is 0 Å². The molecule has 4 heteroatoms. The van der Waals surface area contributed by atoms with Crippen molar-refractivity contribution in [1.29, 1.82) is 0 Å². The van der Waals surface area contributed by atoms with Gasteiger partial charge in [0.25, 0.3) is 5.78 Å². The van der Waals surface area contributed by atoms with Crippen molar-refractivity contribution in [2.45, 2.75) is 6.92 Å². The van der Waals surface area contributed by atoms with Crippen molar-refractivity contribution in [3.8, 4) is 5.75 Å². The fourth-order valence-corrected chi connectivity index (χ4v) is 1.04. The van der Waals surface area contributed by atoms with E-state index < -0.39 is 11.8 Å². The molecular formula is C11H9O4-. The van der Waals surface area contributed by atoms with Crippen LogP contribution >= 0.6 is 0 Å². The molecule has 0 spiro atoms. The number of benzene rings is 1. The minimum atomic E-state index is -1.54. The summed E-state index contributed by atoms with van der Waals surface area (Å²) in [5.41, 5.74) is 0.865. The molecule has 0 radical (unpaired) electrons. The minimum absolute atomic E-state index is 0.202. The van der Waals surface area contributed by atoms with Crippen LogP contribution in [0.1, 0.15) is 11.1 Å². The number of hydrogen-bond acceptors (Lipinski definition) is 3. The van der Waals surface area contributed by atoms with Gasteiger partial charge in [-0.2, -0.15) is 0 Å². The highest BCUT2D eigenvalue weighted by Crippen LogP contribution is 2.19. The highest BCUT2D eigenvalue weighted by Gasteiger charge is 2.05. The molecular weight excluding hydrogens is 196 g/mol. The number of ketones is 1. The number of aryl methyl sites for hydroxylation is 1.